The average molecular weight is 280 g/mol. The molecule has 104 valence electrons. The van der Waals surface area contributed by atoms with Gasteiger partial charge in [0.15, 0.2) is 0 Å². The van der Waals surface area contributed by atoms with Crippen molar-refractivity contribution in [2.75, 3.05) is 24.6 Å². The quantitative estimate of drug-likeness (QED) is 0.640. The standard InChI is InChI=1S/C14H20N2O2S/c1-14(7-2-10-19-14)13(17)16-8-9-18-12-5-3-11(15)4-6-12/h3-6H,2,7-10,15H2,1H3,(H,16,17). The molecule has 1 amide bonds. The van der Waals surface area contributed by atoms with Crippen LogP contribution >= 0.6 is 11.8 Å². The van der Waals surface area contributed by atoms with E-state index in [1.165, 1.54) is 0 Å². The Morgan fingerprint density at radius 1 is 1.47 bits per heavy atom. The summed E-state index contributed by atoms with van der Waals surface area (Å²) in [6, 6.07) is 7.24. The normalized spacial score (nSPS) is 22.2. The summed E-state index contributed by atoms with van der Waals surface area (Å²) >= 11 is 1.74. The summed E-state index contributed by atoms with van der Waals surface area (Å²) in [7, 11) is 0. The Labute approximate surface area is 118 Å². The largest absolute Gasteiger partial charge is 0.492 e. The maximum Gasteiger partial charge on any atom is 0.236 e. The van der Waals surface area contributed by atoms with Crippen LogP contribution in [0.4, 0.5) is 5.69 Å². The SMILES string of the molecule is CC1(C(=O)NCCOc2ccc(N)cc2)CCCS1. The van der Waals surface area contributed by atoms with Crippen LogP contribution in [0.25, 0.3) is 0 Å². The molecular weight excluding hydrogens is 260 g/mol. The molecule has 0 aromatic heterocycles. The molecule has 0 bridgehead atoms. The Bertz CT molecular complexity index is 428. The van der Waals surface area contributed by atoms with Crippen molar-refractivity contribution in [3.05, 3.63) is 24.3 Å². The van der Waals surface area contributed by atoms with Crippen molar-refractivity contribution in [3.63, 3.8) is 0 Å². The van der Waals surface area contributed by atoms with Gasteiger partial charge in [0, 0.05) is 5.69 Å². The second-order valence-electron chi connectivity index (χ2n) is 4.86. The first-order chi connectivity index (χ1) is 9.10. The monoisotopic (exact) mass is 280 g/mol. The van der Waals surface area contributed by atoms with E-state index >= 15 is 0 Å². The Morgan fingerprint density at radius 2 is 2.21 bits per heavy atom. The van der Waals surface area contributed by atoms with E-state index in [2.05, 4.69) is 5.32 Å². The molecule has 1 fully saturated rings. The first kappa shape index (κ1) is 14.1. The number of benzene rings is 1. The molecule has 2 rings (SSSR count). The highest BCUT2D eigenvalue weighted by molar-refractivity contribution is 8.01. The number of anilines is 1. The molecule has 4 nitrogen and oxygen atoms in total. The number of carbonyl (C=O) groups is 1. The number of ether oxygens (including phenoxy) is 1. The number of thioether (sulfide) groups is 1. The minimum absolute atomic E-state index is 0.121. The molecule has 1 aromatic carbocycles. The molecule has 5 heteroatoms. The van der Waals surface area contributed by atoms with Gasteiger partial charge in [-0.05, 0) is 49.8 Å². The van der Waals surface area contributed by atoms with Crippen molar-refractivity contribution < 1.29 is 9.53 Å². The second kappa shape index (κ2) is 6.19. The summed E-state index contributed by atoms with van der Waals surface area (Å²) < 4.78 is 5.28. The fraction of sp³-hybridized carbons (Fsp3) is 0.500. The molecule has 1 unspecified atom stereocenters. The smallest absolute Gasteiger partial charge is 0.236 e. The van der Waals surface area contributed by atoms with Crippen molar-refractivity contribution >= 4 is 23.4 Å². The van der Waals surface area contributed by atoms with Gasteiger partial charge in [-0.1, -0.05) is 0 Å². The molecule has 1 atom stereocenters. The molecule has 1 aromatic rings. The lowest BCUT2D eigenvalue weighted by Gasteiger charge is -2.21. The first-order valence-electron chi connectivity index (χ1n) is 6.51. The molecule has 1 heterocycles. The van der Waals surface area contributed by atoms with E-state index in [-0.39, 0.29) is 10.7 Å². The maximum atomic E-state index is 12.0. The lowest BCUT2D eigenvalue weighted by molar-refractivity contribution is -0.123. The summed E-state index contributed by atoms with van der Waals surface area (Å²) in [5, 5.41) is 2.94. The minimum Gasteiger partial charge on any atom is -0.492 e. The highest BCUT2D eigenvalue weighted by Gasteiger charge is 2.36. The first-order valence-corrected chi connectivity index (χ1v) is 7.49. The Hall–Kier alpha value is -1.36. The number of nitrogens with two attached hydrogens (primary N) is 1. The lowest BCUT2D eigenvalue weighted by atomic mass is 10.1. The summed E-state index contributed by atoms with van der Waals surface area (Å²) in [4.78, 5) is 12.0. The van der Waals surface area contributed by atoms with Crippen LogP contribution in [0.15, 0.2) is 24.3 Å². The maximum absolute atomic E-state index is 12.0. The number of hydrogen-bond acceptors (Lipinski definition) is 4. The highest BCUT2D eigenvalue weighted by atomic mass is 32.2. The van der Waals surface area contributed by atoms with Gasteiger partial charge >= 0.3 is 0 Å². The van der Waals surface area contributed by atoms with Gasteiger partial charge in [0.05, 0.1) is 11.3 Å². The van der Waals surface area contributed by atoms with Crippen molar-refractivity contribution in [3.8, 4) is 5.75 Å². The predicted octanol–water partition coefficient (Wildman–Crippen LogP) is 2.05. The van der Waals surface area contributed by atoms with Crippen molar-refractivity contribution in [1.82, 2.24) is 5.32 Å². The third-order valence-electron chi connectivity index (χ3n) is 3.24. The van der Waals surface area contributed by atoms with Crippen LogP contribution in [0.5, 0.6) is 5.75 Å². The van der Waals surface area contributed by atoms with Crippen molar-refractivity contribution in [2.45, 2.75) is 24.5 Å². The molecule has 0 spiro atoms. The summed E-state index contributed by atoms with van der Waals surface area (Å²) in [6.45, 7) is 3.01. The van der Waals surface area contributed by atoms with Gasteiger partial charge in [0.25, 0.3) is 0 Å². The zero-order chi connectivity index (χ0) is 13.7. The van der Waals surface area contributed by atoms with Crippen LogP contribution in [0.3, 0.4) is 0 Å². The van der Waals surface area contributed by atoms with Gasteiger partial charge in [-0.15, -0.1) is 11.8 Å². The minimum atomic E-state index is -0.249. The molecule has 1 aliphatic heterocycles. The van der Waals surface area contributed by atoms with Crippen LogP contribution in [-0.4, -0.2) is 29.6 Å². The van der Waals surface area contributed by atoms with E-state index in [1.54, 1.807) is 23.9 Å². The van der Waals surface area contributed by atoms with Gasteiger partial charge in [0.1, 0.15) is 12.4 Å². The number of nitrogens with one attached hydrogen (secondary N) is 1. The van der Waals surface area contributed by atoms with Crippen LogP contribution in [-0.2, 0) is 4.79 Å². The van der Waals surface area contributed by atoms with Gasteiger partial charge in [-0.2, -0.15) is 0 Å². The van der Waals surface area contributed by atoms with Crippen LogP contribution in [0.1, 0.15) is 19.8 Å². The van der Waals surface area contributed by atoms with E-state index in [4.69, 9.17) is 10.5 Å². The summed E-state index contributed by atoms with van der Waals surface area (Å²) in [5.41, 5.74) is 6.31. The lowest BCUT2D eigenvalue weighted by Crippen LogP contribution is -2.41. The fourth-order valence-electron chi connectivity index (χ4n) is 2.04. The van der Waals surface area contributed by atoms with E-state index in [0.717, 1.165) is 24.3 Å². The van der Waals surface area contributed by atoms with Crippen LogP contribution in [0, 0.1) is 0 Å². The highest BCUT2D eigenvalue weighted by Crippen LogP contribution is 2.37. The van der Waals surface area contributed by atoms with Gasteiger partial charge in [0.2, 0.25) is 5.91 Å². The zero-order valence-corrected chi connectivity index (χ0v) is 12.0. The molecule has 0 radical (unpaired) electrons. The number of amides is 1. The zero-order valence-electron chi connectivity index (χ0n) is 11.1. The van der Waals surface area contributed by atoms with Crippen molar-refractivity contribution in [1.29, 1.82) is 0 Å². The second-order valence-corrected chi connectivity index (χ2v) is 6.45. The summed E-state index contributed by atoms with van der Waals surface area (Å²) in [5.74, 6) is 1.96. The van der Waals surface area contributed by atoms with Crippen LogP contribution < -0.4 is 15.8 Å². The Kier molecular flexibility index (Phi) is 4.58. The fourth-order valence-corrected chi connectivity index (χ4v) is 3.27. The Balaban J connectivity index is 1.69. The van der Waals surface area contributed by atoms with Gasteiger partial charge in [-0.3, -0.25) is 4.79 Å². The van der Waals surface area contributed by atoms with E-state index < -0.39 is 0 Å². The average Bonchev–Trinajstić information content (AvgIpc) is 2.85. The molecule has 1 aliphatic rings. The Morgan fingerprint density at radius 3 is 2.84 bits per heavy atom. The molecule has 0 aliphatic carbocycles. The number of hydrogen-bond donors (Lipinski definition) is 2. The molecule has 0 saturated carbocycles. The number of nitrogen functional groups attached to an aromatic ring is 1. The van der Waals surface area contributed by atoms with Crippen molar-refractivity contribution in [2.24, 2.45) is 0 Å². The molecule has 3 N–H and O–H groups in total. The molecular formula is C14H20N2O2S. The third kappa shape index (κ3) is 3.80. The van der Waals surface area contributed by atoms with Crippen LogP contribution in [0.2, 0.25) is 0 Å². The topological polar surface area (TPSA) is 64.3 Å². The summed E-state index contributed by atoms with van der Waals surface area (Å²) in [6.07, 6.45) is 2.08. The third-order valence-corrected chi connectivity index (χ3v) is 4.76. The van der Waals surface area contributed by atoms with Gasteiger partial charge < -0.3 is 15.8 Å². The number of carbonyl (C=O) groups excluding carboxylic acids is 1. The molecule has 19 heavy (non-hydrogen) atoms. The van der Waals surface area contributed by atoms with E-state index in [0.29, 0.717) is 18.8 Å². The van der Waals surface area contributed by atoms with E-state index in [9.17, 15) is 4.79 Å². The molecule has 1 saturated heterocycles. The number of rotatable bonds is 5. The van der Waals surface area contributed by atoms with Gasteiger partial charge in [-0.25, -0.2) is 0 Å². The van der Waals surface area contributed by atoms with E-state index in [1.807, 2.05) is 19.1 Å². The predicted molar refractivity (Wildman–Crippen MR) is 79.5 cm³/mol.